The molecule has 8 nitrogen and oxygen atoms in total. The SMILES string of the molecule is COc1ccc(CNC(=O)NC2CCC(C(=O)O)CC2)c(OC)n1. The number of carboxylic acid groups (broad SMARTS) is 1. The van der Waals surface area contributed by atoms with Crippen molar-refractivity contribution in [1.82, 2.24) is 15.6 Å². The quantitative estimate of drug-likeness (QED) is 0.726. The summed E-state index contributed by atoms with van der Waals surface area (Å²) in [5.41, 5.74) is 0.739. The first-order chi connectivity index (χ1) is 11.5. The van der Waals surface area contributed by atoms with Gasteiger partial charge in [0.25, 0.3) is 0 Å². The highest BCUT2D eigenvalue weighted by Crippen LogP contribution is 2.24. The van der Waals surface area contributed by atoms with Gasteiger partial charge in [-0.1, -0.05) is 0 Å². The zero-order valence-electron chi connectivity index (χ0n) is 13.9. The molecular weight excluding hydrogens is 314 g/mol. The van der Waals surface area contributed by atoms with Crippen molar-refractivity contribution in [3.05, 3.63) is 17.7 Å². The Morgan fingerprint density at radius 2 is 1.92 bits per heavy atom. The van der Waals surface area contributed by atoms with Gasteiger partial charge in [0.1, 0.15) is 0 Å². The second kappa shape index (κ2) is 8.37. The Labute approximate surface area is 140 Å². The van der Waals surface area contributed by atoms with Crippen molar-refractivity contribution < 1.29 is 24.2 Å². The third-order valence-corrected chi connectivity index (χ3v) is 4.17. The van der Waals surface area contributed by atoms with Crippen LogP contribution in [0.1, 0.15) is 31.2 Å². The number of hydrogen-bond acceptors (Lipinski definition) is 5. The Morgan fingerprint density at radius 1 is 1.21 bits per heavy atom. The molecule has 1 aliphatic carbocycles. The third kappa shape index (κ3) is 4.74. The maximum Gasteiger partial charge on any atom is 0.315 e. The van der Waals surface area contributed by atoms with Crippen LogP contribution >= 0.6 is 0 Å². The molecule has 8 heteroatoms. The van der Waals surface area contributed by atoms with E-state index >= 15 is 0 Å². The number of urea groups is 1. The predicted octanol–water partition coefficient (Wildman–Crippen LogP) is 1.54. The van der Waals surface area contributed by atoms with Gasteiger partial charge >= 0.3 is 12.0 Å². The van der Waals surface area contributed by atoms with Crippen molar-refractivity contribution in [3.63, 3.8) is 0 Å². The molecule has 0 bridgehead atoms. The molecule has 0 atom stereocenters. The molecule has 0 aromatic carbocycles. The minimum absolute atomic E-state index is 0.0106. The molecule has 24 heavy (non-hydrogen) atoms. The average Bonchev–Trinajstić information content (AvgIpc) is 2.60. The highest BCUT2D eigenvalue weighted by molar-refractivity contribution is 5.74. The Hall–Kier alpha value is -2.51. The van der Waals surface area contributed by atoms with E-state index in [1.54, 1.807) is 12.1 Å². The molecule has 2 amide bonds. The summed E-state index contributed by atoms with van der Waals surface area (Å²) in [6.07, 6.45) is 2.54. The van der Waals surface area contributed by atoms with Crippen molar-refractivity contribution in [2.75, 3.05) is 14.2 Å². The maximum absolute atomic E-state index is 12.0. The van der Waals surface area contributed by atoms with Gasteiger partial charge in [-0.25, -0.2) is 4.79 Å². The summed E-state index contributed by atoms with van der Waals surface area (Å²) in [7, 11) is 3.03. The van der Waals surface area contributed by atoms with Crippen LogP contribution in [0.4, 0.5) is 4.79 Å². The van der Waals surface area contributed by atoms with Gasteiger partial charge in [0.05, 0.1) is 20.1 Å². The summed E-state index contributed by atoms with van der Waals surface area (Å²) >= 11 is 0. The zero-order chi connectivity index (χ0) is 17.5. The maximum atomic E-state index is 12.0. The van der Waals surface area contributed by atoms with Crippen LogP contribution in [0.15, 0.2) is 12.1 Å². The van der Waals surface area contributed by atoms with Crippen LogP contribution < -0.4 is 20.1 Å². The van der Waals surface area contributed by atoms with Gasteiger partial charge in [0, 0.05) is 24.2 Å². The first kappa shape index (κ1) is 17.8. The second-order valence-corrected chi connectivity index (χ2v) is 5.74. The number of carbonyl (C=O) groups is 2. The molecule has 3 N–H and O–H groups in total. The van der Waals surface area contributed by atoms with Gasteiger partial charge in [-0.2, -0.15) is 4.98 Å². The minimum atomic E-state index is -0.753. The fourth-order valence-corrected chi connectivity index (χ4v) is 2.77. The smallest absolute Gasteiger partial charge is 0.315 e. The number of aliphatic carboxylic acids is 1. The molecule has 1 aromatic heterocycles. The van der Waals surface area contributed by atoms with E-state index in [2.05, 4.69) is 15.6 Å². The zero-order valence-corrected chi connectivity index (χ0v) is 13.9. The normalized spacial score (nSPS) is 20.1. The van der Waals surface area contributed by atoms with Crippen LogP contribution in [-0.4, -0.2) is 42.4 Å². The van der Waals surface area contributed by atoms with Crippen LogP contribution in [0, 0.1) is 5.92 Å². The number of carboxylic acids is 1. The molecule has 0 spiro atoms. The summed E-state index contributed by atoms with van der Waals surface area (Å²) in [4.78, 5) is 27.1. The summed E-state index contributed by atoms with van der Waals surface area (Å²) < 4.78 is 10.2. The number of methoxy groups -OCH3 is 2. The van der Waals surface area contributed by atoms with E-state index in [1.807, 2.05) is 0 Å². The first-order valence-corrected chi connectivity index (χ1v) is 7.88. The number of rotatable bonds is 6. The standard InChI is InChI=1S/C16H23N3O5/c1-23-13-8-5-11(14(19-13)24-2)9-17-16(22)18-12-6-3-10(4-7-12)15(20)21/h5,8,10,12H,3-4,6-7,9H2,1-2H3,(H,20,21)(H2,17,18,22). The van der Waals surface area contributed by atoms with Gasteiger partial charge in [-0.05, 0) is 31.7 Å². The molecule has 1 aliphatic rings. The first-order valence-electron chi connectivity index (χ1n) is 7.88. The van der Waals surface area contributed by atoms with E-state index in [0.29, 0.717) is 37.4 Å². The largest absolute Gasteiger partial charge is 0.481 e. The molecule has 0 aliphatic heterocycles. The lowest BCUT2D eigenvalue weighted by molar-refractivity contribution is -0.142. The van der Waals surface area contributed by atoms with Crippen LogP contribution in [-0.2, 0) is 11.3 Å². The van der Waals surface area contributed by atoms with Gasteiger partial charge in [-0.3, -0.25) is 4.79 Å². The van der Waals surface area contributed by atoms with E-state index < -0.39 is 5.97 Å². The molecule has 0 saturated heterocycles. The van der Waals surface area contributed by atoms with E-state index in [9.17, 15) is 9.59 Å². The highest BCUT2D eigenvalue weighted by atomic mass is 16.5. The van der Waals surface area contributed by atoms with Crippen LogP contribution in [0.3, 0.4) is 0 Å². The van der Waals surface area contributed by atoms with E-state index in [1.165, 1.54) is 14.2 Å². The lowest BCUT2D eigenvalue weighted by Crippen LogP contribution is -2.43. The number of pyridine rings is 1. The third-order valence-electron chi connectivity index (χ3n) is 4.17. The topological polar surface area (TPSA) is 110 Å². The number of ether oxygens (including phenoxy) is 2. The number of nitrogens with zero attached hydrogens (tertiary/aromatic N) is 1. The molecule has 1 heterocycles. The molecule has 0 radical (unpaired) electrons. The molecule has 132 valence electrons. The van der Waals surface area contributed by atoms with Crippen molar-refractivity contribution in [1.29, 1.82) is 0 Å². The van der Waals surface area contributed by atoms with E-state index in [0.717, 1.165) is 5.56 Å². The van der Waals surface area contributed by atoms with E-state index in [-0.39, 0.29) is 24.5 Å². The van der Waals surface area contributed by atoms with Gasteiger partial charge in [-0.15, -0.1) is 0 Å². The van der Waals surface area contributed by atoms with Gasteiger partial charge < -0.3 is 25.2 Å². The molecule has 0 unspecified atom stereocenters. The number of nitrogens with one attached hydrogen (secondary N) is 2. The average molecular weight is 337 g/mol. The lowest BCUT2D eigenvalue weighted by Gasteiger charge is -2.26. The molecule has 1 aromatic rings. The number of carbonyl (C=O) groups excluding carboxylic acids is 1. The summed E-state index contributed by atoms with van der Waals surface area (Å²) in [5.74, 6) is -0.204. The van der Waals surface area contributed by atoms with Gasteiger partial charge in [0.2, 0.25) is 11.8 Å². The molecular formula is C16H23N3O5. The molecule has 1 fully saturated rings. The highest BCUT2D eigenvalue weighted by Gasteiger charge is 2.26. The van der Waals surface area contributed by atoms with E-state index in [4.69, 9.17) is 14.6 Å². The molecule has 1 saturated carbocycles. The Morgan fingerprint density at radius 3 is 2.50 bits per heavy atom. The fourth-order valence-electron chi connectivity index (χ4n) is 2.77. The van der Waals surface area contributed by atoms with Crippen molar-refractivity contribution in [2.24, 2.45) is 5.92 Å². The van der Waals surface area contributed by atoms with Crippen LogP contribution in [0.2, 0.25) is 0 Å². The molecule has 2 rings (SSSR count). The summed E-state index contributed by atoms with van der Waals surface area (Å²) in [6, 6.07) is 3.20. The second-order valence-electron chi connectivity index (χ2n) is 5.74. The van der Waals surface area contributed by atoms with Crippen LogP contribution in [0.5, 0.6) is 11.8 Å². The van der Waals surface area contributed by atoms with Crippen molar-refractivity contribution in [2.45, 2.75) is 38.3 Å². The number of aromatic nitrogens is 1. The fraction of sp³-hybridized carbons (Fsp3) is 0.562. The Balaban J connectivity index is 1.80. The van der Waals surface area contributed by atoms with Gasteiger partial charge in [0.15, 0.2) is 0 Å². The van der Waals surface area contributed by atoms with Crippen molar-refractivity contribution in [3.8, 4) is 11.8 Å². The number of hydrogen-bond donors (Lipinski definition) is 3. The summed E-state index contributed by atoms with van der Waals surface area (Å²) in [6.45, 7) is 0.274. The number of amides is 2. The Kier molecular flexibility index (Phi) is 6.22. The lowest BCUT2D eigenvalue weighted by atomic mass is 9.86. The minimum Gasteiger partial charge on any atom is -0.481 e. The monoisotopic (exact) mass is 337 g/mol. The van der Waals surface area contributed by atoms with Crippen LogP contribution in [0.25, 0.3) is 0 Å². The Bertz CT molecular complexity index is 585. The predicted molar refractivity (Wildman–Crippen MR) is 86.1 cm³/mol. The van der Waals surface area contributed by atoms with Crippen molar-refractivity contribution >= 4 is 12.0 Å². The summed E-state index contributed by atoms with van der Waals surface area (Å²) in [5, 5.41) is 14.6.